The first-order valence-electron chi connectivity index (χ1n) is 5.45. The molecule has 1 aliphatic rings. The zero-order valence-corrected chi connectivity index (χ0v) is 9.49. The molecular formula is C12H17NO2. The number of rotatable bonds is 2. The largest absolute Gasteiger partial charge is 0.437 e. The van der Waals surface area contributed by atoms with Gasteiger partial charge in [0.2, 0.25) is 0 Å². The van der Waals surface area contributed by atoms with Crippen LogP contribution < -0.4 is 4.90 Å². The third-order valence-electron chi connectivity index (χ3n) is 3.01. The first kappa shape index (κ1) is 10.3. The van der Waals surface area contributed by atoms with E-state index in [0.29, 0.717) is 17.7 Å². The molecule has 2 atom stereocenters. The molecule has 1 aliphatic heterocycles. The molecule has 2 rings (SSSR count). The van der Waals surface area contributed by atoms with Crippen LogP contribution in [0.5, 0.6) is 0 Å². The second-order valence-electron chi connectivity index (χ2n) is 4.54. The normalized spacial score (nSPS) is 25.9. The van der Waals surface area contributed by atoms with Crippen LogP contribution in [0.2, 0.25) is 0 Å². The van der Waals surface area contributed by atoms with Crippen molar-refractivity contribution in [2.75, 3.05) is 11.4 Å². The van der Waals surface area contributed by atoms with E-state index in [0.717, 1.165) is 12.4 Å². The van der Waals surface area contributed by atoms with E-state index in [4.69, 9.17) is 4.42 Å². The van der Waals surface area contributed by atoms with Crippen LogP contribution >= 0.6 is 0 Å². The Morgan fingerprint density at radius 1 is 1.47 bits per heavy atom. The van der Waals surface area contributed by atoms with Crippen molar-refractivity contribution in [1.29, 1.82) is 0 Å². The molecule has 0 aliphatic carbocycles. The fourth-order valence-electron chi connectivity index (χ4n) is 2.28. The maximum Gasteiger partial charge on any atom is 0.196 e. The van der Waals surface area contributed by atoms with Gasteiger partial charge in [0.1, 0.15) is 0 Å². The lowest BCUT2D eigenvalue weighted by molar-refractivity contribution is 0.0987. The molecule has 2 heterocycles. The van der Waals surface area contributed by atoms with E-state index in [2.05, 4.69) is 18.7 Å². The highest BCUT2D eigenvalue weighted by atomic mass is 16.4. The van der Waals surface area contributed by atoms with Crippen molar-refractivity contribution in [3.05, 3.63) is 17.9 Å². The van der Waals surface area contributed by atoms with Gasteiger partial charge < -0.3 is 9.32 Å². The van der Waals surface area contributed by atoms with Gasteiger partial charge >= 0.3 is 0 Å². The summed E-state index contributed by atoms with van der Waals surface area (Å²) in [5.41, 5.74) is 0. The Hall–Kier alpha value is -1.25. The van der Waals surface area contributed by atoms with Crippen LogP contribution in [0.3, 0.4) is 0 Å². The van der Waals surface area contributed by atoms with Gasteiger partial charge in [0.15, 0.2) is 17.4 Å². The van der Waals surface area contributed by atoms with Gasteiger partial charge in [-0.1, -0.05) is 6.92 Å². The standard InChI is InChI=1S/C12H17NO2/c1-8-6-9(2)13(7-8)12-5-4-11(15-12)10(3)14/h4-5,8-9H,6-7H2,1-3H3. The highest BCUT2D eigenvalue weighted by Crippen LogP contribution is 2.29. The predicted molar refractivity (Wildman–Crippen MR) is 59.3 cm³/mol. The first-order chi connectivity index (χ1) is 7.08. The summed E-state index contributed by atoms with van der Waals surface area (Å²) in [5.74, 6) is 1.97. The Labute approximate surface area is 90.1 Å². The summed E-state index contributed by atoms with van der Waals surface area (Å²) >= 11 is 0. The molecule has 82 valence electrons. The number of Topliss-reactive ketones (excluding diaryl/α,β-unsaturated/α-hetero) is 1. The van der Waals surface area contributed by atoms with Gasteiger partial charge in [0.25, 0.3) is 0 Å². The molecule has 2 unspecified atom stereocenters. The van der Waals surface area contributed by atoms with Crippen LogP contribution in [0.1, 0.15) is 37.7 Å². The second-order valence-corrected chi connectivity index (χ2v) is 4.54. The number of hydrogen-bond donors (Lipinski definition) is 0. The van der Waals surface area contributed by atoms with Gasteiger partial charge in [0.05, 0.1) is 0 Å². The van der Waals surface area contributed by atoms with Gasteiger partial charge in [-0.25, -0.2) is 0 Å². The molecule has 0 N–H and O–H groups in total. The Balaban J connectivity index is 2.19. The van der Waals surface area contributed by atoms with Crippen LogP contribution in [-0.2, 0) is 0 Å². The minimum absolute atomic E-state index is 0.0128. The van der Waals surface area contributed by atoms with Gasteiger partial charge in [-0.15, -0.1) is 0 Å². The van der Waals surface area contributed by atoms with Gasteiger partial charge in [0, 0.05) is 25.6 Å². The average Bonchev–Trinajstić information content (AvgIpc) is 2.71. The van der Waals surface area contributed by atoms with E-state index in [1.807, 2.05) is 6.07 Å². The third kappa shape index (κ3) is 1.91. The number of carbonyl (C=O) groups excluding carboxylic acids is 1. The van der Waals surface area contributed by atoms with Crippen molar-refractivity contribution in [3.63, 3.8) is 0 Å². The van der Waals surface area contributed by atoms with Gasteiger partial charge in [-0.05, 0) is 25.3 Å². The molecule has 0 bridgehead atoms. The number of nitrogens with zero attached hydrogens (tertiary/aromatic N) is 1. The molecule has 0 amide bonds. The smallest absolute Gasteiger partial charge is 0.196 e. The van der Waals surface area contributed by atoms with Gasteiger partial charge in [-0.3, -0.25) is 4.79 Å². The minimum atomic E-state index is -0.0128. The van der Waals surface area contributed by atoms with Crippen molar-refractivity contribution >= 4 is 11.7 Å². The predicted octanol–water partition coefficient (Wildman–Crippen LogP) is 2.72. The summed E-state index contributed by atoms with van der Waals surface area (Å²) in [4.78, 5) is 13.3. The van der Waals surface area contributed by atoms with Crippen LogP contribution in [0.25, 0.3) is 0 Å². The number of furan rings is 1. The van der Waals surface area contributed by atoms with Crippen molar-refractivity contribution < 1.29 is 9.21 Å². The Bertz CT molecular complexity index is 369. The van der Waals surface area contributed by atoms with E-state index in [9.17, 15) is 4.79 Å². The number of hydrogen-bond acceptors (Lipinski definition) is 3. The van der Waals surface area contributed by atoms with E-state index >= 15 is 0 Å². The van der Waals surface area contributed by atoms with Crippen molar-refractivity contribution in [1.82, 2.24) is 0 Å². The molecule has 1 fully saturated rings. The average molecular weight is 207 g/mol. The molecule has 3 nitrogen and oxygen atoms in total. The highest BCUT2D eigenvalue weighted by Gasteiger charge is 2.28. The number of carbonyl (C=O) groups is 1. The van der Waals surface area contributed by atoms with Crippen LogP contribution in [0.15, 0.2) is 16.5 Å². The summed E-state index contributed by atoms with van der Waals surface area (Å²) in [5, 5.41) is 0. The minimum Gasteiger partial charge on any atom is -0.437 e. The summed E-state index contributed by atoms with van der Waals surface area (Å²) in [6.45, 7) is 6.98. The summed E-state index contributed by atoms with van der Waals surface area (Å²) in [7, 11) is 0. The Morgan fingerprint density at radius 3 is 2.67 bits per heavy atom. The van der Waals surface area contributed by atoms with Crippen LogP contribution in [0, 0.1) is 5.92 Å². The zero-order chi connectivity index (χ0) is 11.0. The Morgan fingerprint density at radius 2 is 2.20 bits per heavy atom. The quantitative estimate of drug-likeness (QED) is 0.699. The van der Waals surface area contributed by atoms with Crippen molar-refractivity contribution in [2.45, 2.75) is 33.2 Å². The van der Waals surface area contributed by atoms with E-state index in [-0.39, 0.29) is 5.78 Å². The van der Waals surface area contributed by atoms with E-state index in [1.165, 1.54) is 13.3 Å². The highest BCUT2D eigenvalue weighted by molar-refractivity contribution is 5.91. The SMILES string of the molecule is CC(=O)c1ccc(N2CC(C)CC2C)o1. The van der Waals surface area contributed by atoms with Gasteiger partial charge in [-0.2, -0.15) is 0 Å². The summed E-state index contributed by atoms with van der Waals surface area (Å²) in [6.07, 6.45) is 1.19. The molecule has 15 heavy (non-hydrogen) atoms. The molecule has 0 aromatic carbocycles. The molecule has 1 aromatic heterocycles. The first-order valence-corrected chi connectivity index (χ1v) is 5.45. The summed E-state index contributed by atoms with van der Waals surface area (Å²) in [6, 6.07) is 4.16. The number of ketones is 1. The van der Waals surface area contributed by atoms with Crippen molar-refractivity contribution in [2.24, 2.45) is 5.92 Å². The fourth-order valence-corrected chi connectivity index (χ4v) is 2.28. The van der Waals surface area contributed by atoms with Crippen LogP contribution in [0.4, 0.5) is 5.88 Å². The van der Waals surface area contributed by atoms with E-state index < -0.39 is 0 Å². The topological polar surface area (TPSA) is 33.5 Å². The molecule has 1 saturated heterocycles. The maximum absolute atomic E-state index is 11.1. The lowest BCUT2D eigenvalue weighted by atomic mass is 10.1. The monoisotopic (exact) mass is 207 g/mol. The molecular weight excluding hydrogens is 190 g/mol. The lowest BCUT2D eigenvalue weighted by Crippen LogP contribution is -2.26. The van der Waals surface area contributed by atoms with Crippen molar-refractivity contribution in [3.8, 4) is 0 Å². The molecule has 3 heteroatoms. The van der Waals surface area contributed by atoms with E-state index in [1.54, 1.807) is 6.07 Å². The Kier molecular flexibility index (Phi) is 2.55. The van der Waals surface area contributed by atoms with Crippen LogP contribution in [-0.4, -0.2) is 18.4 Å². The third-order valence-corrected chi connectivity index (χ3v) is 3.01. The molecule has 0 spiro atoms. The second kappa shape index (κ2) is 3.72. The zero-order valence-electron chi connectivity index (χ0n) is 9.49. The fraction of sp³-hybridized carbons (Fsp3) is 0.583. The summed E-state index contributed by atoms with van der Waals surface area (Å²) < 4.78 is 5.52. The number of anilines is 1. The molecule has 0 saturated carbocycles. The molecule has 1 aromatic rings. The molecule has 0 radical (unpaired) electrons. The maximum atomic E-state index is 11.1. The lowest BCUT2D eigenvalue weighted by Gasteiger charge is -2.20.